The van der Waals surface area contributed by atoms with E-state index in [0.717, 1.165) is 59.8 Å². The van der Waals surface area contributed by atoms with E-state index in [1.165, 1.54) is 11.3 Å². The first-order valence-electron chi connectivity index (χ1n) is 13.4. The van der Waals surface area contributed by atoms with Gasteiger partial charge in [-0.3, -0.25) is 15.1 Å². The molecule has 2 heterocycles. The van der Waals surface area contributed by atoms with Gasteiger partial charge in [0.25, 0.3) is 5.91 Å². The number of nitrogens with zero attached hydrogens (tertiary/aromatic N) is 2. The number of thiazole rings is 1. The fraction of sp³-hybridized carbons (Fsp3) is 0.188. The Morgan fingerprint density at radius 2 is 1.66 bits per heavy atom. The van der Waals surface area contributed by atoms with Crippen LogP contribution in [0.4, 0.5) is 5.13 Å². The third kappa shape index (κ3) is 5.84. The first-order chi connectivity index (χ1) is 20.0. The number of hydrogen-bond donors (Lipinski definition) is 1. The van der Waals surface area contributed by atoms with Gasteiger partial charge < -0.3 is 4.74 Å². The lowest BCUT2D eigenvalue weighted by Gasteiger charge is -2.20. The number of pyridine rings is 1. The number of esters is 1. The average Bonchev–Trinajstić information content (AvgIpc) is 3.32. The Morgan fingerprint density at radius 3 is 2.49 bits per heavy atom. The van der Waals surface area contributed by atoms with Crippen molar-refractivity contribution in [1.82, 2.24) is 9.97 Å². The average molecular weight is 603 g/mol. The van der Waals surface area contributed by atoms with E-state index in [9.17, 15) is 9.59 Å². The number of halogens is 2. The van der Waals surface area contributed by atoms with Gasteiger partial charge in [-0.15, -0.1) is 11.3 Å². The number of anilines is 1. The number of hydrogen-bond acceptors (Lipinski definition) is 6. The van der Waals surface area contributed by atoms with Gasteiger partial charge in [0.05, 0.1) is 26.8 Å². The Balaban J connectivity index is 1.32. The summed E-state index contributed by atoms with van der Waals surface area (Å²) in [6.07, 6.45) is 3.45. The molecule has 0 aliphatic heterocycles. The van der Waals surface area contributed by atoms with E-state index in [-0.39, 0.29) is 0 Å². The molecule has 0 bridgehead atoms. The second-order valence-electron chi connectivity index (χ2n) is 9.84. The lowest BCUT2D eigenvalue weighted by atomic mass is 9.97. The van der Waals surface area contributed by atoms with Crippen molar-refractivity contribution < 1.29 is 14.3 Å². The molecule has 0 saturated carbocycles. The molecule has 5 aromatic rings. The summed E-state index contributed by atoms with van der Waals surface area (Å²) in [5, 5.41) is 6.63. The molecule has 9 heteroatoms. The van der Waals surface area contributed by atoms with Crippen LogP contribution in [0, 0.1) is 0 Å². The van der Waals surface area contributed by atoms with Crippen LogP contribution in [0.15, 0.2) is 78.2 Å². The summed E-state index contributed by atoms with van der Waals surface area (Å²) in [5.41, 5.74) is 5.08. The first kappa shape index (κ1) is 27.4. The molecule has 1 amide bonds. The summed E-state index contributed by atoms with van der Waals surface area (Å²) in [6.45, 7) is 0. The van der Waals surface area contributed by atoms with Crippen LogP contribution in [0.1, 0.15) is 52.5 Å². The molecule has 2 aromatic heterocycles. The van der Waals surface area contributed by atoms with Gasteiger partial charge in [0.2, 0.25) is 6.10 Å². The standard InChI is InChI=1S/C32H25Cl2N3O3S/c33-23-16-15-20(17-24(23)34)27-18-41-32(36-27)37-30(38)29(19-9-3-1-4-10-19)40-31(39)28-21-11-5-2-6-13-25(21)35-26-14-8-7-12-22(26)28/h1,3-4,7-10,12,14-18,29H,2,5-6,11,13H2,(H,36,37,38)/t29-/m1/s1. The van der Waals surface area contributed by atoms with Gasteiger partial charge in [-0.1, -0.05) is 84.2 Å². The van der Waals surface area contributed by atoms with E-state index in [1.54, 1.807) is 24.3 Å². The molecule has 41 heavy (non-hydrogen) atoms. The smallest absolute Gasteiger partial charge is 0.340 e. The number of amides is 1. The third-order valence-corrected chi connectivity index (χ3v) is 8.64. The Hall–Kier alpha value is -3.78. The summed E-state index contributed by atoms with van der Waals surface area (Å²) in [4.78, 5) is 37.0. The summed E-state index contributed by atoms with van der Waals surface area (Å²) in [6, 6.07) is 21.8. The maximum absolute atomic E-state index is 14.0. The van der Waals surface area contributed by atoms with Crippen LogP contribution in [0.5, 0.6) is 0 Å². The van der Waals surface area contributed by atoms with Crippen molar-refractivity contribution in [2.24, 2.45) is 0 Å². The molecule has 206 valence electrons. The highest BCUT2D eigenvalue weighted by Gasteiger charge is 2.30. The fourth-order valence-electron chi connectivity index (χ4n) is 5.14. The maximum atomic E-state index is 14.0. The molecule has 0 unspecified atom stereocenters. The Bertz CT molecular complexity index is 1760. The van der Waals surface area contributed by atoms with Crippen molar-refractivity contribution in [1.29, 1.82) is 0 Å². The van der Waals surface area contributed by atoms with E-state index >= 15 is 0 Å². The van der Waals surface area contributed by atoms with Crippen LogP contribution < -0.4 is 5.32 Å². The molecule has 0 saturated heterocycles. The molecule has 0 spiro atoms. The minimum atomic E-state index is -1.19. The number of carbonyl (C=O) groups is 2. The number of para-hydroxylation sites is 1. The molecule has 6 nitrogen and oxygen atoms in total. The normalized spacial score (nSPS) is 13.7. The van der Waals surface area contributed by atoms with Gasteiger partial charge in [-0.25, -0.2) is 9.78 Å². The minimum absolute atomic E-state index is 0.372. The first-order valence-corrected chi connectivity index (χ1v) is 15.0. The van der Waals surface area contributed by atoms with Gasteiger partial charge in [-0.2, -0.15) is 0 Å². The molecule has 1 aliphatic rings. The second-order valence-corrected chi connectivity index (χ2v) is 11.5. The maximum Gasteiger partial charge on any atom is 0.340 e. The van der Waals surface area contributed by atoms with Crippen molar-refractivity contribution in [3.05, 3.63) is 111 Å². The van der Waals surface area contributed by atoms with Crippen LogP contribution >= 0.6 is 34.5 Å². The van der Waals surface area contributed by atoms with Gasteiger partial charge in [0.15, 0.2) is 5.13 Å². The zero-order chi connectivity index (χ0) is 28.3. The van der Waals surface area contributed by atoms with Gasteiger partial charge >= 0.3 is 5.97 Å². The Morgan fingerprint density at radius 1 is 0.878 bits per heavy atom. The van der Waals surface area contributed by atoms with E-state index in [2.05, 4.69) is 10.3 Å². The van der Waals surface area contributed by atoms with Crippen molar-refractivity contribution in [2.75, 3.05) is 5.32 Å². The number of ether oxygens (including phenoxy) is 1. The Labute approximate surface area is 251 Å². The van der Waals surface area contributed by atoms with Crippen LogP contribution in [-0.2, 0) is 22.4 Å². The molecule has 6 rings (SSSR count). The zero-order valence-corrected chi connectivity index (χ0v) is 24.2. The Kier molecular flexibility index (Phi) is 8.01. The number of nitrogens with one attached hydrogen (secondary N) is 1. The SMILES string of the molecule is O=C(O[C@@H](C(=O)Nc1nc(-c2ccc(Cl)c(Cl)c2)cs1)c1ccccc1)c1c2c(nc3ccccc13)CCCCC2. The summed E-state index contributed by atoms with van der Waals surface area (Å²) >= 11 is 13.5. The van der Waals surface area contributed by atoms with E-state index in [0.29, 0.717) is 32.0 Å². The predicted molar refractivity (Wildman–Crippen MR) is 164 cm³/mol. The lowest BCUT2D eigenvalue weighted by Crippen LogP contribution is -2.26. The quantitative estimate of drug-likeness (QED) is 0.156. The number of carbonyl (C=O) groups excluding carboxylic acids is 2. The number of aromatic nitrogens is 2. The lowest BCUT2D eigenvalue weighted by molar-refractivity contribution is -0.125. The van der Waals surface area contributed by atoms with Gasteiger partial charge in [0, 0.05) is 27.6 Å². The van der Waals surface area contributed by atoms with Crippen LogP contribution in [0.2, 0.25) is 10.0 Å². The molecule has 1 aliphatic carbocycles. The molecule has 3 aromatic carbocycles. The minimum Gasteiger partial charge on any atom is -0.444 e. The van der Waals surface area contributed by atoms with E-state index in [1.807, 2.05) is 53.9 Å². The van der Waals surface area contributed by atoms with Crippen molar-refractivity contribution in [3.8, 4) is 11.3 Å². The number of fused-ring (bicyclic) bond motifs is 2. The van der Waals surface area contributed by atoms with Crippen LogP contribution in [0.25, 0.3) is 22.2 Å². The van der Waals surface area contributed by atoms with E-state index in [4.69, 9.17) is 32.9 Å². The topological polar surface area (TPSA) is 81.2 Å². The summed E-state index contributed by atoms with van der Waals surface area (Å²) < 4.78 is 6.06. The molecular weight excluding hydrogens is 577 g/mol. The largest absolute Gasteiger partial charge is 0.444 e. The van der Waals surface area contributed by atoms with Crippen molar-refractivity contribution in [3.63, 3.8) is 0 Å². The highest BCUT2D eigenvalue weighted by Crippen LogP contribution is 2.33. The molecule has 1 atom stereocenters. The molecular formula is C32H25Cl2N3O3S. The monoisotopic (exact) mass is 601 g/mol. The molecule has 0 fully saturated rings. The fourth-order valence-corrected chi connectivity index (χ4v) is 6.16. The number of benzene rings is 3. The molecule has 1 N–H and O–H groups in total. The van der Waals surface area contributed by atoms with Gasteiger partial charge in [-0.05, 0) is 49.4 Å². The highest BCUT2D eigenvalue weighted by atomic mass is 35.5. The van der Waals surface area contributed by atoms with Gasteiger partial charge in [0.1, 0.15) is 0 Å². The highest BCUT2D eigenvalue weighted by molar-refractivity contribution is 7.14. The van der Waals surface area contributed by atoms with Crippen LogP contribution in [-0.4, -0.2) is 21.8 Å². The van der Waals surface area contributed by atoms with Crippen LogP contribution in [0.3, 0.4) is 0 Å². The van der Waals surface area contributed by atoms with Crippen molar-refractivity contribution in [2.45, 2.75) is 38.2 Å². The zero-order valence-electron chi connectivity index (χ0n) is 21.9. The van der Waals surface area contributed by atoms with E-state index < -0.39 is 18.0 Å². The predicted octanol–water partition coefficient (Wildman–Crippen LogP) is 8.47. The van der Waals surface area contributed by atoms with Crippen molar-refractivity contribution >= 4 is 62.4 Å². The molecule has 0 radical (unpaired) electrons. The summed E-state index contributed by atoms with van der Waals surface area (Å²) in [5.74, 6) is -1.04. The number of rotatable bonds is 6. The second kappa shape index (κ2) is 12.0. The summed E-state index contributed by atoms with van der Waals surface area (Å²) in [7, 11) is 0. The number of aryl methyl sites for hydroxylation is 1. The third-order valence-electron chi connectivity index (χ3n) is 7.14.